The fourth-order valence-corrected chi connectivity index (χ4v) is 1.98. The topological polar surface area (TPSA) is 69.4 Å². The molecule has 0 saturated heterocycles. The maximum Gasteiger partial charge on any atom is 0.241 e. The second kappa shape index (κ2) is 4.29. The SMILES string of the molecule is CCOc1cc(Br)ccc1S(N)(=O)=O. The van der Waals surface area contributed by atoms with E-state index in [9.17, 15) is 8.42 Å². The van der Waals surface area contributed by atoms with Gasteiger partial charge < -0.3 is 4.74 Å². The molecule has 0 unspecified atom stereocenters. The lowest BCUT2D eigenvalue weighted by Gasteiger charge is -2.08. The largest absolute Gasteiger partial charge is 0.492 e. The van der Waals surface area contributed by atoms with Gasteiger partial charge in [0.25, 0.3) is 0 Å². The highest BCUT2D eigenvalue weighted by Crippen LogP contribution is 2.26. The molecule has 0 bridgehead atoms. The number of nitrogens with two attached hydrogens (primary N) is 1. The summed E-state index contributed by atoms with van der Waals surface area (Å²) in [6, 6.07) is 4.58. The highest BCUT2D eigenvalue weighted by atomic mass is 79.9. The van der Waals surface area contributed by atoms with E-state index < -0.39 is 10.0 Å². The Morgan fingerprint density at radius 3 is 2.64 bits per heavy atom. The molecule has 0 aromatic heterocycles. The summed E-state index contributed by atoms with van der Waals surface area (Å²) in [4.78, 5) is 0.00236. The third-order valence-electron chi connectivity index (χ3n) is 1.51. The highest BCUT2D eigenvalue weighted by molar-refractivity contribution is 9.10. The van der Waals surface area contributed by atoms with Gasteiger partial charge in [-0.3, -0.25) is 0 Å². The minimum atomic E-state index is -3.72. The normalized spacial score (nSPS) is 11.4. The van der Waals surface area contributed by atoms with E-state index in [1.165, 1.54) is 6.07 Å². The molecule has 0 saturated carbocycles. The van der Waals surface area contributed by atoms with Crippen molar-refractivity contribution in [1.29, 1.82) is 0 Å². The smallest absolute Gasteiger partial charge is 0.241 e. The van der Waals surface area contributed by atoms with Crippen molar-refractivity contribution in [1.82, 2.24) is 0 Å². The van der Waals surface area contributed by atoms with Gasteiger partial charge in [0.05, 0.1) is 6.61 Å². The average Bonchev–Trinajstić information content (AvgIpc) is 2.02. The van der Waals surface area contributed by atoms with Crippen LogP contribution < -0.4 is 9.88 Å². The summed E-state index contributed by atoms with van der Waals surface area (Å²) in [6.45, 7) is 2.16. The molecule has 0 radical (unpaired) electrons. The number of sulfonamides is 1. The Morgan fingerprint density at radius 1 is 1.50 bits per heavy atom. The lowest BCUT2D eigenvalue weighted by atomic mass is 10.3. The Morgan fingerprint density at radius 2 is 2.14 bits per heavy atom. The van der Waals surface area contributed by atoms with E-state index in [2.05, 4.69) is 15.9 Å². The van der Waals surface area contributed by atoms with Gasteiger partial charge in [-0.1, -0.05) is 15.9 Å². The van der Waals surface area contributed by atoms with Crippen LogP contribution in [0.2, 0.25) is 0 Å². The molecule has 0 heterocycles. The first kappa shape index (κ1) is 11.5. The Balaban J connectivity index is 3.29. The molecule has 4 nitrogen and oxygen atoms in total. The second-order valence-electron chi connectivity index (χ2n) is 2.57. The van der Waals surface area contributed by atoms with Crippen LogP contribution in [0.15, 0.2) is 27.6 Å². The third-order valence-corrected chi connectivity index (χ3v) is 2.96. The number of benzene rings is 1. The van der Waals surface area contributed by atoms with Crippen LogP contribution >= 0.6 is 15.9 Å². The Hall–Kier alpha value is -0.590. The van der Waals surface area contributed by atoms with Crippen molar-refractivity contribution >= 4 is 26.0 Å². The zero-order chi connectivity index (χ0) is 10.8. The molecule has 6 heteroatoms. The number of hydrogen-bond donors (Lipinski definition) is 1. The maximum absolute atomic E-state index is 11.1. The van der Waals surface area contributed by atoms with Gasteiger partial charge in [0.2, 0.25) is 10.0 Å². The van der Waals surface area contributed by atoms with E-state index in [-0.39, 0.29) is 10.6 Å². The molecule has 0 aliphatic rings. The molecule has 0 aliphatic carbocycles. The van der Waals surface area contributed by atoms with Crippen molar-refractivity contribution in [2.45, 2.75) is 11.8 Å². The van der Waals surface area contributed by atoms with Crippen LogP contribution in [0.1, 0.15) is 6.92 Å². The molecule has 2 N–H and O–H groups in total. The summed E-state index contributed by atoms with van der Waals surface area (Å²) >= 11 is 3.22. The van der Waals surface area contributed by atoms with E-state index >= 15 is 0 Å². The van der Waals surface area contributed by atoms with Crippen molar-refractivity contribution in [3.05, 3.63) is 22.7 Å². The quantitative estimate of drug-likeness (QED) is 0.912. The van der Waals surface area contributed by atoms with Crippen LogP contribution in [0.3, 0.4) is 0 Å². The van der Waals surface area contributed by atoms with Gasteiger partial charge in [0.15, 0.2) is 0 Å². The molecule has 1 aromatic carbocycles. The summed E-state index contributed by atoms with van der Waals surface area (Å²) in [6.07, 6.45) is 0. The van der Waals surface area contributed by atoms with E-state index in [0.29, 0.717) is 6.61 Å². The lowest BCUT2D eigenvalue weighted by Crippen LogP contribution is -2.13. The number of primary sulfonamides is 1. The third kappa shape index (κ3) is 2.70. The first-order chi connectivity index (χ1) is 6.45. The maximum atomic E-state index is 11.1. The van der Waals surface area contributed by atoms with Crippen LogP contribution in [0.25, 0.3) is 0 Å². The Kier molecular flexibility index (Phi) is 3.52. The van der Waals surface area contributed by atoms with Gasteiger partial charge in [-0.2, -0.15) is 0 Å². The van der Waals surface area contributed by atoms with Gasteiger partial charge in [0, 0.05) is 4.47 Å². The molecular weight excluding hydrogens is 270 g/mol. The summed E-state index contributed by atoms with van der Waals surface area (Å²) in [5, 5.41) is 5.01. The molecule has 14 heavy (non-hydrogen) atoms. The van der Waals surface area contributed by atoms with Crippen LogP contribution in [-0.2, 0) is 10.0 Å². The number of rotatable bonds is 3. The molecule has 0 aliphatic heterocycles. The minimum absolute atomic E-state index is 0.00236. The van der Waals surface area contributed by atoms with Crippen molar-refractivity contribution in [3.63, 3.8) is 0 Å². The molecule has 1 aromatic rings. The number of ether oxygens (including phenoxy) is 1. The molecule has 1 rings (SSSR count). The lowest BCUT2D eigenvalue weighted by molar-refractivity contribution is 0.331. The summed E-state index contributed by atoms with van der Waals surface area (Å²) in [5.74, 6) is 0.268. The van der Waals surface area contributed by atoms with Gasteiger partial charge in [-0.15, -0.1) is 0 Å². The molecule has 78 valence electrons. The number of hydrogen-bond acceptors (Lipinski definition) is 3. The highest BCUT2D eigenvalue weighted by Gasteiger charge is 2.14. The minimum Gasteiger partial charge on any atom is -0.492 e. The van der Waals surface area contributed by atoms with Crippen molar-refractivity contribution < 1.29 is 13.2 Å². The standard InChI is InChI=1S/C8H10BrNO3S/c1-2-13-7-5-6(9)3-4-8(7)14(10,11)12/h3-5H,2H2,1H3,(H2,10,11,12). The van der Waals surface area contributed by atoms with Gasteiger partial charge in [-0.25, -0.2) is 13.6 Å². The van der Waals surface area contributed by atoms with Crippen molar-refractivity contribution in [2.24, 2.45) is 5.14 Å². The fourth-order valence-electron chi connectivity index (χ4n) is 0.985. The molecule has 0 fully saturated rings. The Labute approximate surface area is 91.2 Å². The van der Waals surface area contributed by atoms with Crippen molar-refractivity contribution in [2.75, 3.05) is 6.61 Å². The Bertz CT molecular complexity index is 430. The summed E-state index contributed by atoms with van der Waals surface area (Å²) in [5.41, 5.74) is 0. The monoisotopic (exact) mass is 279 g/mol. The molecule has 0 atom stereocenters. The van der Waals surface area contributed by atoms with Gasteiger partial charge >= 0.3 is 0 Å². The predicted molar refractivity (Wildman–Crippen MR) is 56.7 cm³/mol. The van der Waals surface area contributed by atoms with Crippen LogP contribution in [0, 0.1) is 0 Å². The summed E-state index contributed by atoms with van der Waals surface area (Å²) < 4.78 is 28.1. The van der Waals surface area contributed by atoms with Gasteiger partial charge in [-0.05, 0) is 25.1 Å². The summed E-state index contributed by atoms with van der Waals surface area (Å²) in [7, 11) is -3.72. The van der Waals surface area contributed by atoms with E-state index in [4.69, 9.17) is 9.88 Å². The van der Waals surface area contributed by atoms with Crippen LogP contribution in [0.5, 0.6) is 5.75 Å². The molecule has 0 amide bonds. The number of halogens is 1. The average molecular weight is 280 g/mol. The second-order valence-corrected chi connectivity index (χ2v) is 5.01. The predicted octanol–water partition coefficient (Wildman–Crippen LogP) is 1.50. The first-order valence-corrected chi connectivity index (χ1v) is 6.24. The molecule has 0 spiro atoms. The van der Waals surface area contributed by atoms with Gasteiger partial charge in [0.1, 0.15) is 10.6 Å². The fraction of sp³-hybridized carbons (Fsp3) is 0.250. The van der Waals surface area contributed by atoms with E-state index in [1.807, 2.05) is 0 Å². The van der Waals surface area contributed by atoms with E-state index in [0.717, 1.165) is 4.47 Å². The molecular formula is C8H10BrNO3S. The first-order valence-electron chi connectivity index (χ1n) is 3.90. The van der Waals surface area contributed by atoms with Crippen LogP contribution in [-0.4, -0.2) is 15.0 Å². The van der Waals surface area contributed by atoms with Crippen LogP contribution in [0.4, 0.5) is 0 Å². The zero-order valence-corrected chi connectivity index (χ0v) is 9.93. The zero-order valence-electron chi connectivity index (χ0n) is 7.53. The van der Waals surface area contributed by atoms with Crippen molar-refractivity contribution in [3.8, 4) is 5.75 Å². The van der Waals surface area contributed by atoms with E-state index in [1.54, 1.807) is 19.1 Å².